The van der Waals surface area contributed by atoms with Crippen LogP contribution in [0.2, 0.25) is 0 Å². The van der Waals surface area contributed by atoms with Gasteiger partial charge in [-0.2, -0.15) is 0 Å². The summed E-state index contributed by atoms with van der Waals surface area (Å²) >= 11 is 0. The maximum Gasteiger partial charge on any atom is 0.335 e. The Kier molecular flexibility index (Phi) is 5.86. The summed E-state index contributed by atoms with van der Waals surface area (Å²) < 4.78 is 5.25. The lowest BCUT2D eigenvalue weighted by atomic mass is 9.45. The standard InChI is InChI=1S/C29H41N3O3/c1-28-11-9-21(31-27(34)32-15-13-30-14-16-32)17-20(28)4-5-22-24-7-6-23(19-3-8-26(33)35-18-19)29(24,2)12-10-25(22)28/h3,7-8,18,20-23,25,30H,4-6,9-17H2,1-2H3,(H,31,34)/t20-,21?,22+,23-,25+,28+,29-/m1/s1. The van der Waals surface area contributed by atoms with Crippen LogP contribution in [0.25, 0.3) is 0 Å². The number of allylic oxidation sites excluding steroid dienone is 2. The first-order valence-corrected chi connectivity index (χ1v) is 13.9. The highest BCUT2D eigenvalue weighted by molar-refractivity contribution is 5.74. The van der Waals surface area contributed by atoms with Gasteiger partial charge >= 0.3 is 11.7 Å². The van der Waals surface area contributed by atoms with Crippen molar-refractivity contribution in [1.29, 1.82) is 0 Å². The third kappa shape index (κ3) is 3.87. The highest BCUT2D eigenvalue weighted by atomic mass is 16.4. The summed E-state index contributed by atoms with van der Waals surface area (Å²) in [5.74, 6) is 2.56. The SMILES string of the molecule is C[C@]12CCC(NC(=O)N3CCNCC3)C[C@H]1CC[C@H]1C3=CC[C@H](c4ccc(=O)oc4)[C@@]3(C)CC[C@@H]12. The molecule has 6 rings (SSSR count). The fourth-order valence-electron chi connectivity index (χ4n) is 8.92. The fraction of sp³-hybridized carbons (Fsp3) is 0.724. The lowest BCUT2D eigenvalue weighted by Crippen LogP contribution is -2.56. The summed E-state index contributed by atoms with van der Waals surface area (Å²) in [4.78, 5) is 26.3. The molecule has 5 aliphatic rings. The van der Waals surface area contributed by atoms with Crippen molar-refractivity contribution in [1.82, 2.24) is 15.5 Å². The summed E-state index contributed by atoms with van der Waals surface area (Å²) in [6, 6.07) is 4.03. The molecule has 0 radical (unpaired) electrons. The van der Waals surface area contributed by atoms with Crippen LogP contribution in [-0.4, -0.2) is 43.2 Å². The summed E-state index contributed by atoms with van der Waals surface area (Å²) in [7, 11) is 0. The van der Waals surface area contributed by atoms with Crippen LogP contribution in [0.3, 0.4) is 0 Å². The van der Waals surface area contributed by atoms with Crippen LogP contribution in [0, 0.1) is 28.6 Å². The van der Waals surface area contributed by atoms with Gasteiger partial charge in [-0.15, -0.1) is 0 Å². The van der Waals surface area contributed by atoms with Gasteiger partial charge in [0.15, 0.2) is 0 Å². The molecule has 1 aromatic rings. The van der Waals surface area contributed by atoms with E-state index >= 15 is 0 Å². The summed E-state index contributed by atoms with van der Waals surface area (Å²) in [6.07, 6.45) is 13.8. The minimum absolute atomic E-state index is 0.140. The highest BCUT2D eigenvalue weighted by Crippen LogP contribution is 2.67. The van der Waals surface area contributed by atoms with Crippen molar-refractivity contribution in [3.63, 3.8) is 0 Å². The average Bonchev–Trinajstić information content (AvgIpc) is 3.22. The first-order chi connectivity index (χ1) is 16.9. The largest absolute Gasteiger partial charge is 0.431 e. The van der Waals surface area contributed by atoms with Crippen molar-refractivity contribution in [3.8, 4) is 0 Å². The second-order valence-corrected chi connectivity index (χ2v) is 12.4. The maximum absolute atomic E-state index is 12.8. The zero-order valence-corrected chi connectivity index (χ0v) is 21.4. The number of nitrogens with one attached hydrogen (secondary N) is 2. The van der Waals surface area contributed by atoms with Gasteiger partial charge in [-0.1, -0.05) is 25.5 Å². The Balaban J connectivity index is 1.15. The van der Waals surface area contributed by atoms with E-state index in [1.165, 1.54) is 37.7 Å². The Morgan fingerprint density at radius 1 is 1.11 bits per heavy atom. The minimum Gasteiger partial charge on any atom is -0.431 e. The lowest BCUT2D eigenvalue weighted by Gasteiger charge is -2.60. The number of amides is 2. The van der Waals surface area contributed by atoms with E-state index in [4.69, 9.17) is 4.42 Å². The van der Waals surface area contributed by atoms with Crippen LogP contribution in [-0.2, 0) is 0 Å². The third-order valence-corrected chi connectivity index (χ3v) is 10.9. The zero-order chi connectivity index (χ0) is 24.2. The summed E-state index contributed by atoms with van der Waals surface area (Å²) in [5, 5.41) is 6.73. The molecule has 1 aliphatic heterocycles. The molecule has 6 heteroatoms. The van der Waals surface area contributed by atoms with Crippen LogP contribution in [0.5, 0.6) is 0 Å². The molecule has 0 bridgehead atoms. The Hall–Kier alpha value is -2.08. The summed E-state index contributed by atoms with van der Waals surface area (Å²) in [6.45, 7) is 8.46. The van der Waals surface area contributed by atoms with E-state index in [2.05, 4.69) is 30.6 Å². The van der Waals surface area contributed by atoms with Gasteiger partial charge in [-0.05, 0) is 97.5 Å². The molecular formula is C29H41N3O3. The molecule has 2 N–H and O–H groups in total. The minimum atomic E-state index is -0.264. The second kappa shape index (κ2) is 8.79. The van der Waals surface area contributed by atoms with Crippen molar-refractivity contribution in [2.45, 2.75) is 77.2 Å². The van der Waals surface area contributed by atoms with E-state index in [1.807, 2.05) is 11.0 Å². The molecule has 3 saturated carbocycles. The zero-order valence-electron chi connectivity index (χ0n) is 21.4. The van der Waals surface area contributed by atoms with Crippen molar-refractivity contribution >= 4 is 6.03 Å². The molecule has 0 aromatic carbocycles. The molecule has 35 heavy (non-hydrogen) atoms. The van der Waals surface area contributed by atoms with Gasteiger partial charge in [0.05, 0.1) is 6.26 Å². The van der Waals surface area contributed by atoms with Crippen LogP contribution < -0.4 is 16.3 Å². The van der Waals surface area contributed by atoms with Gasteiger partial charge in [-0.3, -0.25) is 0 Å². The van der Waals surface area contributed by atoms with E-state index < -0.39 is 0 Å². The monoisotopic (exact) mass is 479 g/mol. The number of hydrogen-bond donors (Lipinski definition) is 2. The third-order valence-electron chi connectivity index (χ3n) is 10.9. The predicted octanol–water partition coefficient (Wildman–Crippen LogP) is 4.67. The lowest BCUT2D eigenvalue weighted by molar-refractivity contribution is -0.0588. The van der Waals surface area contributed by atoms with Crippen LogP contribution >= 0.6 is 0 Å². The van der Waals surface area contributed by atoms with E-state index in [0.29, 0.717) is 29.2 Å². The van der Waals surface area contributed by atoms with Crippen molar-refractivity contribution in [3.05, 3.63) is 46.0 Å². The summed E-state index contributed by atoms with van der Waals surface area (Å²) in [5.41, 5.74) is 3.16. The maximum atomic E-state index is 12.8. The fourth-order valence-corrected chi connectivity index (χ4v) is 8.92. The van der Waals surface area contributed by atoms with Crippen LogP contribution in [0.1, 0.15) is 76.7 Å². The number of fused-ring (bicyclic) bond motifs is 5. The molecule has 1 aromatic heterocycles. The second-order valence-electron chi connectivity index (χ2n) is 12.4. The van der Waals surface area contributed by atoms with E-state index in [1.54, 1.807) is 17.9 Å². The first-order valence-electron chi connectivity index (χ1n) is 13.9. The Labute approximate surface area is 208 Å². The number of carbonyl (C=O) groups is 1. The van der Waals surface area contributed by atoms with Crippen molar-refractivity contribution < 1.29 is 9.21 Å². The number of urea groups is 1. The molecule has 7 atom stereocenters. The molecule has 190 valence electrons. The quantitative estimate of drug-likeness (QED) is 0.605. The van der Waals surface area contributed by atoms with Gasteiger partial charge in [-0.25, -0.2) is 9.59 Å². The topological polar surface area (TPSA) is 74.6 Å². The van der Waals surface area contributed by atoms with Crippen LogP contribution in [0.15, 0.2) is 39.3 Å². The Morgan fingerprint density at radius 3 is 2.71 bits per heavy atom. The predicted molar refractivity (Wildman–Crippen MR) is 136 cm³/mol. The Bertz CT molecular complexity index is 1040. The van der Waals surface area contributed by atoms with E-state index in [9.17, 15) is 9.59 Å². The highest BCUT2D eigenvalue weighted by Gasteiger charge is 2.57. The smallest absolute Gasteiger partial charge is 0.335 e. The molecule has 0 spiro atoms. The molecule has 4 aliphatic carbocycles. The number of carbonyl (C=O) groups excluding carboxylic acids is 1. The van der Waals surface area contributed by atoms with Gasteiger partial charge < -0.3 is 20.0 Å². The molecule has 1 saturated heterocycles. The number of piperazine rings is 1. The first kappa shape index (κ1) is 23.3. The molecular weight excluding hydrogens is 438 g/mol. The normalized spacial score (nSPS) is 40.8. The van der Waals surface area contributed by atoms with E-state index in [-0.39, 0.29) is 17.1 Å². The number of rotatable bonds is 2. The van der Waals surface area contributed by atoms with Gasteiger partial charge in [0.25, 0.3) is 0 Å². The van der Waals surface area contributed by atoms with Gasteiger partial charge in [0.1, 0.15) is 0 Å². The molecule has 2 amide bonds. The average molecular weight is 480 g/mol. The molecule has 4 fully saturated rings. The van der Waals surface area contributed by atoms with Crippen LogP contribution in [0.4, 0.5) is 4.79 Å². The molecule has 2 heterocycles. The molecule has 1 unspecified atom stereocenters. The van der Waals surface area contributed by atoms with Crippen molar-refractivity contribution in [2.24, 2.45) is 28.6 Å². The van der Waals surface area contributed by atoms with Gasteiger partial charge in [0.2, 0.25) is 0 Å². The number of nitrogens with zero attached hydrogens (tertiary/aromatic N) is 1. The van der Waals surface area contributed by atoms with Gasteiger partial charge in [0, 0.05) is 38.3 Å². The molecule has 6 nitrogen and oxygen atoms in total. The van der Waals surface area contributed by atoms with Crippen molar-refractivity contribution in [2.75, 3.05) is 26.2 Å². The van der Waals surface area contributed by atoms with E-state index in [0.717, 1.165) is 51.4 Å². The Morgan fingerprint density at radius 2 is 1.94 bits per heavy atom. The number of hydrogen-bond acceptors (Lipinski definition) is 4.